The first kappa shape index (κ1) is 25.0. The Morgan fingerprint density at radius 2 is 1.76 bits per heavy atom. The maximum atomic E-state index is 13.1. The minimum atomic E-state index is -3.72. The highest BCUT2D eigenvalue weighted by molar-refractivity contribution is 9.10. The fourth-order valence-corrected chi connectivity index (χ4v) is 7.08. The van der Waals surface area contributed by atoms with Crippen molar-refractivity contribution in [3.8, 4) is 0 Å². The van der Waals surface area contributed by atoms with Crippen LogP contribution in [-0.2, 0) is 25.8 Å². The lowest BCUT2D eigenvalue weighted by atomic mass is 10.2. The number of hydrogen-bond acceptors (Lipinski definition) is 5. The zero-order valence-corrected chi connectivity index (χ0v) is 22.1. The summed E-state index contributed by atoms with van der Waals surface area (Å²) >= 11 is 9.46. The van der Waals surface area contributed by atoms with Crippen LogP contribution in [0.3, 0.4) is 0 Å². The molecule has 4 rings (SSSR count). The second-order valence-corrected chi connectivity index (χ2v) is 11.8. The lowest BCUT2D eigenvalue weighted by molar-refractivity contribution is -0.131. The minimum Gasteiger partial charge on any atom is -0.368 e. The smallest absolute Gasteiger partial charge is 0.226 e. The number of benzene rings is 2. The lowest BCUT2D eigenvalue weighted by Gasteiger charge is -2.36. The van der Waals surface area contributed by atoms with Crippen LogP contribution in [0.25, 0.3) is 0 Å². The zero-order chi connectivity index (χ0) is 24.5. The van der Waals surface area contributed by atoms with E-state index in [4.69, 9.17) is 11.6 Å². The van der Waals surface area contributed by atoms with E-state index < -0.39 is 9.84 Å². The van der Waals surface area contributed by atoms with E-state index in [1.807, 2.05) is 24.3 Å². The Balaban J connectivity index is 1.39. The van der Waals surface area contributed by atoms with Crippen LogP contribution >= 0.6 is 27.5 Å². The molecule has 2 aromatic rings. The van der Waals surface area contributed by atoms with E-state index in [0.717, 1.165) is 11.3 Å². The molecule has 2 aliphatic heterocycles. The number of hydrogen-bond donors (Lipinski definition) is 0. The minimum absolute atomic E-state index is 0.0310. The molecular formula is C24H27BrClN3O4S. The number of halogens is 2. The van der Waals surface area contributed by atoms with Gasteiger partial charge in [-0.1, -0.05) is 24.6 Å². The summed E-state index contributed by atoms with van der Waals surface area (Å²) in [6, 6.07) is 11.0. The number of nitrogens with zero attached hydrogens (tertiary/aromatic N) is 3. The van der Waals surface area contributed by atoms with Gasteiger partial charge in [0.15, 0.2) is 9.84 Å². The van der Waals surface area contributed by atoms with Gasteiger partial charge in [0.2, 0.25) is 11.8 Å². The van der Waals surface area contributed by atoms with Crippen molar-refractivity contribution in [3.05, 3.63) is 51.5 Å². The summed E-state index contributed by atoms with van der Waals surface area (Å²) < 4.78 is 26.7. The summed E-state index contributed by atoms with van der Waals surface area (Å²) in [7, 11) is -3.72. The third kappa shape index (κ3) is 5.26. The first-order valence-electron chi connectivity index (χ1n) is 11.3. The van der Waals surface area contributed by atoms with Crippen LogP contribution in [0.2, 0.25) is 5.02 Å². The van der Waals surface area contributed by atoms with Gasteiger partial charge in [-0.05, 0) is 58.2 Å². The average molecular weight is 569 g/mol. The van der Waals surface area contributed by atoms with Gasteiger partial charge in [0.05, 0.1) is 10.6 Å². The van der Waals surface area contributed by atoms with E-state index in [9.17, 15) is 18.0 Å². The van der Waals surface area contributed by atoms with Crippen LogP contribution in [-0.4, -0.2) is 63.6 Å². The maximum absolute atomic E-state index is 13.1. The maximum Gasteiger partial charge on any atom is 0.226 e. The monoisotopic (exact) mass is 567 g/mol. The van der Waals surface area contributed by atoms with Crippen molar-refractivity contribution in [2.75, 3.05) is 48.3 Å². The quantitative estimate of drug-likeness (QED) is 0.528. The lowest BCUT2D eigenvalue weighted by Crippen LogP contribution is -2.49. The van der Waals surface area contributed by atoms with Crippen molar-refractivity contribution in [2.45, 2.75) is 31.1 Å². The second-order valence-electron chi connectivity index (χ2n) is 8.48. The Morgan fingerprint density at radius 1 is 1.03 bits per heavy atom. The van der Waals surface area contributed by atoms with Gasteiger partial charge in [0.1, 0.15) is 0 Å². The van der Waals surface area contributed by atoms with Crippen molar-refractivity contribution in [3.63, 3.8) is 0 Å². The number of rotatable bonds is 6. The molecule has 2 aliphatic rings. The van der Waals surface area contributed by atoms with Crippen LogP contribution in [0, 0.1) is 0 Å². The summed E-state index contributed by atoms with van der Waals surface area (Å²) in [5, 5.41) is 0.668. The van der Waals surface area contributed by atoms with Crippen LogP contribution in [0.5, 0.6) is 0 Å². The summed E-state index contributed by atoms with van der Waals surface area (Å²) in [6.45, 7) is 4.73. The molecule has 0 radical (unpaired) electrons. The number of carbonyl (C=O) groups excluding carboxylic acids is 2. The van der Waals surface area contributed by atoms with E-state index in [0.29, 0.717) is 60.7 Å². The Hall–Kier alpha value is -2.10. The molecule has 10 heteroatoms. The molecule has 0 spiro atoms. The van der Waals surface area contributed by atoms with Crippen molar-refractivity contribution >= 4 is 60.6 Å². The first-order chi connectivity index (χ1) is 16.2. The second kappa shape index (κ2) is 10.3. The summed E-state index contributed by atoms with van der Waals surface area (Å²) in [4.78, 5) is 30.7. The van der Waals surface area contributed by atoms with E-state index in [2.05, 4.69) is 20.8 Å². The van der Waals surface area contributed by atoms with Gasteiger partial charge < -0.3 is 14.7 Å². The van der Waals surface area contributed by atoms with E-state index in [-0.39, 0.29) is 28.9 Å². The normalized spacial score (nSPS) is 16.0. The van der Waals surface area contributed by atoms with Gasteiger partial charge in [-0.25, -0.2) is 8.42 Å². The largest absolute Gasteiger partial charge is 0.368 e. The van der Waals surface area contributed by atoms with Crippen LogP contribution < -0.4 is 9.80 Å². The van der Waals surface area contributed by atoms with E-state index in [1.54, 1.807) is 28.9 Å². The van der Waals surface area contributed by atoms with Crippen LogP contribution in [0.4, 0.5) is 11.4 Å². The third-order valence-corrected chi connectivity index (χ3v) is 9.26. The SMILES string of the molecule is CCC(=O)N1CCc2cc(Br)c(S(=O)(=O)CCC(=O)N3CCN(c4cccc(Cl)c4)CC3)cc21. The van der Waals surface area contributed by atoms with Gasteiger partial charge in [-0.3, -0.25) is 9.59 Å². The molecule has 7 nitrogen and oxygen atoms in total. The van der Waals surface area contributed by atoms with E-state index >= 15 is 0 Å². The Morgan fingerprint density at radius 3 is 2.44 bits per heavy atom. The van der Waals surface area contributed by atoms with Gasteiger partial charge in [0, 0.05) is 66.4 Å². The van der Waals surface area contributed by atoms with Crippen molar-refractivity contribution in [1.29, 1.82) is 0 Å². The highest BCUT2D eigenvalue weighted by atomic mass is 79.9. The van der Waals surface area contributed by atoms with Gasteiger partial charge >= 0.3 is 0 Å². The van der Waals surface area contributed by atoms with Crippen LogP contribution in [0.1, 0.15) is 25.3 Å². The molecule has 0 bridgehead atoms. The number of amides is 2. The topological polar surface area (TPSA) is 78.0 Å². The predicted molar refractivity (Wildman–Crippen MR) is 137 cm³/mol. The Bertz CT molecular complexity index is 1210. The van der Waals surface area contributed by atoms with Crippen molar-refractivity contribution in [2.24, 2.45) is 0 Å². The number of anilines is 2. The van der Waals surface area contributed by atoms with E-state index in [1.165, 1.54) is 0 Å². The van der Waals surface area contributed by atoms with Crippen molar-refractivity contribution in [1.82, 2.24) is 4.90 Å². The average Bonchev–Trinajstić information content (AvgIpc) is 3.24. The molecule has 0 atom stereocenters. The molecule has 0 N–H and O–H groups in total. The molecule has 2 amide bonds. The first-order valence-corrected chi connectivity index (χ1v) is 14.2. The molecule has 0 aliphatic carbocycles. The third-order valence-electron chi connectivity index (χ3n) is 6.36. The fraction of sp³-hybridized carbons (Fsp3) is 0.417. The van der Waals surface area contributed by atoms with Gasteiger partial charge in [0.25, 0.3) is 0 Å². The molecule has 2 aromatic carbocycles. The molecule has 0 unspecified atom stereocenters. The molecule has 1 saturated heterocycles. The number of sulfone groups is 1. The van der Waals surface area contributed by atoms with Gasteiger partial charge in [-0.15, -0.1) is 0 Å². The Labute approximate surface area is 213 Å². The van der Waals surface area contributed by atoms with Gasteiger partial charge in [-0.2, -0.15) is 0 Å². The standard InChI is InChI=1S/C24H27BrClN3O4S/c1-2-23(30)29-8-6-17-14-20(25)22(16-21(17)29)34(32,33)13-7-24(31)28-11-9-27(10-12-28)19-5-3-4-18(26)15-19/h3-5,14-16H,2,6-13H2,1H3. The Kier molecular flexibility index (Phi) is 7.54. The summed E-state index contributed by atoms with van der Waals surface area (Å²) in [6.07, 6.45) is 0.969. The predicted octanol–water partition coefficient (Wildman–Crippen LogP) is 3.91. The molecular weight excluding hydrogens is 542 g/mol. The molecule has 2 heterocycles. The van der Waals surface area contributed by atoms with Crippen LogP contribution in [0.15, 0.2) is 45.8 Å². The fourth-order valence-electron chi connectivity index (χ4n) is 4.45. The number of fused-ring (bicyclic) bond motifs is 1. The number of piperazine rings is 1. The summed E-state index contributed by atoms with van der Waals surface area (Å²) in [5.41, 5.74) is 2.61. The molecule has 34 heavy (non-hydrogen) atoms. The number of carbonyl (C=O) groups is 2. The molecule has 0 aromatic heterocycles. The molecule has 1 fully saturated rings. The zero-order valence-electron chi connectivity index (χ0n) is 19.0. The highest BCUT2D eigenvalue weighted by Gasteiger charge is 2.29. The highest BCUT2D eigenvalue weighted by Crippen LogP contribution is 2.36. The van der Waals surface area contributed by atoms with Crippen molar-refractivity contribution < 1.29 is 18.0 Å². The summed E-state index contributed by atoms with van der Waals surface area (Å²) in [5.74, 6) is -0.481. The molecule has 182 valence electrons. The molecule has 0 saturated carbocycles.